The average Bonchev–Trinajstić information content (AvgIpc) is 2.59. The highest BCUT2D eigenvalue weighted by molar-refractivity contribution is 5.86. The molecule has 5 nitrogen and oxygen atoms in total. The average molecular weight is 204 g/mol. The maximum absolute atomic E-state index is 10.7. The number of carbonyl (C=O) groups is 2. The van der Waals surface area contributed by atoms with Gasteiger partial charge in [-0.15, -0.1) is 0 Å². The van der Waals surface area contributed by atoms with Crippen molar-refractivity contribution >= 4 is 17.9 Å². The van der Waals surface area contributed by atoms with Gasteiger partial charge in [0.15, 0.2) is 12.0 Å². The molecular formula is C10H8N2O3. The number of hydrogen-bond donors (Lipinski definition) is 1. The molecule has 0 atom stereocenters. The first-order valence-corrected chi connectivity index (χ1v) is 4.29. The fourth-order valence-electron chi connectivity index (χ4n) is 1.37. The number of fused-ring (bicyclic) bond motifs is 1. The summed E-state index contributed by atoms with van der Waals surface area (Å²) in [7, 11) is 0. The topological polar surface area (TPSA) is 71.7 Å². The summed E-state index contributed by atoms with van der Waals surface area (Å²) in [4.78, 5) is 25.2. The number of nitrogens with zero attached hydrogens (tertiary/aromatic N) is 2. The minimum atomic E-state index is -1.08. The van der Waals surface area contributed by atoms with Crippen molar-refractivity contribution in [1.82, 2.24) is 9.38 Å². The number of aryl methyl sites for hydroxylation is 1. The minimum absolute atomic E-state index is 0.0301. The molecule has 5 heteroatoms. The van der Waals surface area contributed by atoms with E-state index in [1.54, 1.807) is 19.2 Å². The fourth-order valence-corrected chi connectivity index (χ4v) is 1.37. The van der Waals surface area contributed by atoms with Crippen LogP contribution in [0.4, 0.5) is 0 Å². The quantitative estimate of drug-likeness (QED) is 0.745. The second kappa shape index (κ2) is 3.20. The van der Waals surface area contributed by atoms with Crippen LogP contribution in [0, 0.1) is 6.92 Å². The molecule has 0 unspecified atom stereocenters. The monoisotopic (exact) mass is 204 g/mol. The van der Waals surface area contributed by atoms with Gasteiger partial charge in [0.1, 0.15) is 5.65 Å². The molecule has 0 spiro atoms. The maximum atomic E-state index is 10.7. The maximum Gasteiger partial charge on any atom is 0.356 e. The molecule has 0 radical (unpaired) electrons. The van der Waals surface area contributed by atoms with E-state index in [0.29, 0.717) is 11.2 Å². The van der Waals surface area contributed by atoms with Gasteiger partial charge in [0.25, 0.3) is 0 Å². The van der Waals surface area contributed by atoms with Gasteiger partial charge in [0.2, 0.25) is 0 Å². The van der Waals surface area contributed by atoms with Gasteiger partial charge in [-0.05, 0) is 18.6 Å². The number of carbonyl (C=O) groups excluding carboxylic acids is 1. The SMILES string of the molecule is Cc1cc2nc(C(=O)O)cn2cc1C=O. The number of aldehydes is 1. The van der Waals surface area contributed by atoms with Crippen LogP contribution < -0.4 is 0 Å². The number of carboxylic acid groups (broad SMARTS) is 1. The molecule has 2 aromatic rings. The molecule has 0 aliphatic heterocycles. The summed E-state index contributed by atoms with van der Waals surface area (Å²) < 4.78 is 1.53. The summed E-state index contributed by atoms with van der Waals surface area (Å²) in [6.07, 6.45) is 3.68. The van der Waals surface area contributed by atoms with Gasteiger partial charge in [0.05, 0.1) is 0 Å². The molecular weight excluding hydrogens is 196 g/mol. The van der Waals surface area contributed by atoms with Crippen molar-refractivity contribution in [1.29, 1.82) is 0 Å². The van der Waals surface area contributed by atoms with E-state index in [1.807, 2.05) is 0 Å². The lowest BCUT2D eigenvalue weighted by Gasteiger charge is -1.98. The number of rotatable bonds is 2. The molecule has 0 amide bonds. The molecule has 0 aliphatic rings. The number of pyridine rings is 1. The van der Waals surface area contributed by atoms with Gasteiger partial charge in [-0.25, -0.2) is 9.78 Å². The molecule has 0 bridgehead atoms. The Bertz CT molecular complexity index is 557. The third-order valence-corrected chi connectivity index (χ3v) is 2.19. The summed E-state index contributed by atoms with van der Waals surface area (Å²) in [6, 6.07) is 1.68. The largest absolute Gasteiger partial charge is 0.476 e. The second-order valence-corrected chi connectivity index (χ2v) is 3.23. The lowest BCUT2D eigenvalue weighted by molar-refractivity contribution is 0.0691. The highest BCUT2D eigenvalue weighted by Crippen LogP contribution is 2.11. The zero-order valence-electron chi connectivity index (χ0n) is 7.97. The molecule has 0 saturated heterocycles. The van der Waals surface area contributed by atoms with Crippen LogP contribution in [0.15, 0.2) is 18.5 Å². The molecule has 2 aromatic heterocycles. The molecule has 76 valence electrons. The van der Waals surface area contributed by atoms with Crippen molar-refractivity contribution in [3.05, 3.63) is 35.3 Å². The molecule has 0 fully saturated rings. The predicted molar refractivity (Wildman–Crippen MR) is 52.3 cm³/mol. The number of aromatic nitrogens is 2. The molecule has 0 saturated carbocycles. The van der Waals surface area contributed by atoms with E-state index < -0.39 is 5.97 Å². The van der Waals surface area contributed by atoms with E-state index in [9.17, 15) is 9.59 Å². The molecule has 1 N–H and O–H groups in total. The lowest BCUT2D eigenvalue weighted by Crippen LogP contribution is -1.94. The molecule has 2 rings (SSSR count). The third kappa shape index (κ3) is 1.48. The smallest absolute Gasteiger partial charge is 0.356 e. The van der Waals surface area contributed by atoms with Crippen molar-refractivity contribution in [3.63, 3.8) is 0 Å². The third-order valence-electron chi connectivity index (χ3n) is 2.19. The Morgan fingerprint density at radius 2 is 2.27 bits per heavy atom. The van der Waals surface area contributed by atoms with Crippen LogP contribution in [-0.4, -0.2) is 26.7 Å². The zero-order valence-corrected chi connectivity index (χ0v) is 7.97. The van der Waals surface area contributed by atoms with E-state index >= 15 is 0 Å². The second-order valence-electron chi connectivity index (χ2n) is 3.23. The Morgan fingerprint density at radius 3 is 2.87 bits per heavy atom. The van der Waals surface area contributed by atoms with Gasteiger partial charge < -0.3 is 9.51 Å². The Morgan fingerprint density at radius 1 is 1.53 bits per heavy atom. The number of hydrogen-bond acceptors (Lipinski definition) is 3. The number of carboxylic acids is 1. The summed E-state index contributed by atoms with van der Waals surface area (Å²) in [5.41, 5.74) is 1.80. The molecule has 2 heterocycles. The summed E-state index contributed by atoms with van der Waals surface area (Å²) >= 11 is 0. The normalized spacial score (nSPS) is 10.5. The van der Waals surface area contributed by atoms with Crippen LogP contribution >= 0.6 is 0 Å². The fraction of sp³-hybridized carbons (Fsp3) is 0.100. The Hall–Kier alpha value is -2.17. The van der Waals surface area contributed by atoms with Gasteiger partial charge in [-0.3, -0.25) is 4.79 Å². The van der Waals surface area contributed by atoms with Crippen LogP contribution in [0.1, 0.15) is 26.4 Å². The summed E-state index contributed by atoms with van der Waals surface area (Å²) in [6.45, 7) is 1.78. The van der Waals surface area contributed by atoms with Crippen LogP contribution in [0.2, 0.25) is 0 Å². The minimum Gasteiger partial charge on any atom is -0.476 e. The Balaban J connectivity index is 2.71. The molecule has 0 aromatic carbocycles. The first-order valence-electron chi connectivity index (χ1n) is 4.29. The summed E-state index contributed by atoms with van der Waals surface area (Å²) in [5, 5.41) is 8.74. The van der Waals surface area contributed by atoms with E-state index in [0.717, 1.165) is 11.8 Å². The van der Waals surface area contributed by atoms with Crippen molar-refractivity contribution in [2.24, 2.45) is 0 Å². The van der Waals surface area contributed by atoms with Crippen LogP contribution in [-0.2, 0) is 0 Å². The van der Waals surface area contributed by atoms with Crippen molar-refractivity contribution in [2.75, 3.05) is 0 Å². The van der Waals surface area contributed by atoms with E-state index in [1.165, 1.54) is 10.6 Å². The van der Waals surface area contributed by atoms with E-state index in [-0.39, 0.29) is 5.69 Å². The van der Waals surface area contributed by atoms with Crippen LogP contribution in [0.3, 0.4) is 0 Å². The molecule has 0 aliphatic carbocycles. The van der Waals surface area contributed by atoms with Gasteiger partial charge >= 0.3 is 5.97 Å². The molecule has 15 heavy (non-hydrogen) atoms. The number of aromatic carboxylic acids is 1. The van der Waals surface area contributed by atoms with Gasteiger partial charge in [0, 0.05) is 18.0 Å². The zero-order chi connectivity index (χ0) is 11.0. The van der Waals surface area contributed by atoms with Crippen LogP contribution in [0.5, 0.6) is 0 Å². The van der Waals surface area contributed by atoms with Crippen molar-refractivity contribution < 1.29 is 14.7 Å². The van der Waals surface area contributed by atoms with Crippen LogP contribution in [0.25, 0.3) is 5.65 Å². The standard InChI is InChI=1S/C10H8N2O3/c1-6-2-9-11-8(10(14)15)4-12(9)3-7(6)5-13/h2-5H,1H3,(H,14,15). The first kappa shape index (κ1) is 9.39. The number of imidazole rings is 1. The van der Waals surface area contributed by atoms with Crippen molar-refractivity contribution in [2.45, 2.75) is 6.92 Å². The van der Waals surface area contributed by atoms with E-state index in [4.69, 9.17) is 5.11 Å². The summed E-state index contributed by atoms with van der Waals surface area (Å²) in [5.74, 6) is -1.08. The predicted octanol–water partition coefficient (Wildman–Crippen LogP) is 1.15. The van der Waals surface area contributed by atoms with Gasteiger partial charge in [-0.2, -0.15) is 0 Å². The Kier molecular flexibility index (Phi) is 2.00. The van der Waals surface area contributed by atoms with Gasteiger partial charge in [-0.1, -0.05) is 0 Å². The highest BCUT2D eigenvalue weighted by atomic mass is 16.4. The Labute approximate surface area is 85.0 Å². The first-order chi connectivity index (χ1) is 7.11. The lowest BCUT2D eigenvalue weighted by atomic mass is 10.2. The highest BCUT2D eigenvalue weighted by Gasteiger charge is 2.09. The van der Waals surface area contributed by atoms with Crippen molar-refractivity contribution in [3.8, 4) is 0 Å². The van der Waals surface area contributed by atoms with E-state index in [2.05, 4.69) is 4.98 Å².